The molecule has 6 heteroatoms. The zero-order valence-electron chi connectivity index (χ0n) is 10.4. The van der Waals surface area contributed by atoms with Gasteiger partial charge in [-0.2, -0.15) is 0 Å². The number of methoxy groups -OCH3 is 1. The standard InChI is InChI=1S/C10H22ClNO3S/c1-8(2)10(6-15-4)12-16(13,14)7-9(3)5-11/h8-10,12H,5-7H2,1-4H3. The summed E-state index contributed by atoms with van der Waals surface area (Å²) in [5.74, 6) is 0.552. The summed E-state index contributed by atoms with van der Waals surface area (Å²) in [7, 11) is -1.71. The zero-order chi connectivity index (χ0) is 12.8. The third-order valence-electron chi connectivity index (χ3n) is 2.25. The topological polar surface area (TPSA) is 55.4 Å². The van der Waals surface area contributed by atoms with Gasteiger partial charge >= 0.3 is 0 Å². The lowest BCUT2D eigenvalue weighted by Gasteiger charge is -2.22. The SMILES string of the molecule is COCC(NS(=O)(=O)CC(C)CCl)C(C)C. The molecule has 0 amide bonds. The summed E-state index contributed by atoms with van der Waals surface area (Å²) >= 11 is 5.60. The van der Waals surface area contributed by atoms with Crippen molar-refractivity contribution in [2.75, 3.05) is 25.3 Å². The van der Waals surface area contributed by atoms with Crippen LogP contribution in [-0.2, 0) is 14.8 Å². The van der Waals surface area contributed by atoms with Crippen LogP contribution in [0.15, 0.2) is 0 Å². The van der Waals surface area contributed by atoms with Gasteiger partial charge in [-0.05, 0) is 11.8 Å². The van der Waals surface area contributed by atoms with E-state index in [0.717, 1.165) is 0 Å². The van der Waals surface area contributed by atoms with Crippen LogP contribution in [0, 0.1) is 11.8 Å². The summed E-state index contributed by atoms with van der Waals surface area (Å²) in [4.78, 5) is 0. The summed E-state index contributed by atoms with van der Waals surface area (Å²) < 4.78 is 31.2. The second-order valence-corrected chi connectivity index (χ2v) is 6.57. The first-order valence-corrected chi connectivity index (χ1v) is 7.56. The Labute approximate surface area is 104 Å². The molecule has 16 heavy (non-hydrogen) atoms. The fraction of sp³-hybridized carbons (Fsp3) is 1.00. The van der Waals surface area contributed by atoms with Gasteiger partial charge < -0.3 is 4.74 Å². The molecule has 2 unspecified atom stereocenters. The van der Waals surface area contributed by atoms with Crippen LogP contribution in [0.1, 0.15) is 20.8 Å². The van der Waals surface area contributed by atoms with Crippen LogP contribution in [-0.4, -0.2) is 39.8 Å². The molecule has 0 rings (SSSR count). The lowest BCUT2D eigenvalue weighted by molar-refractivity contribution is 0.157. The molecular formula is C10H22ClNO3S. The number of rotatable bonds is 8. The molecule has 0 saturated carbocycles. The van der Waals surface area contributed by atoms with Crippen LogP contribution in [0.4, 0.5) is 0 Å². The third-order valence-corrected chi connectivity index (χ3v) is 4.45. The van der Waals surface area contributed by atoms with Crippen LogP contribution in [0.5, 0.6) is 0 Å². The van der Waals surface area contributed by atoms with Crippen molar-refractivity contribution in [3.05, 3.63) is 0 Å². The van der Waals surface area contributed by atoms with E-state index in [1.54, 1.807) is 7.11 Å². The van der Waals surface area contributed by atoms with Crippen molar-refractivity contribution in [1.82, 2.24) is 4.72 Å². The molecule has 0 spiro atoms. The third kappa shape index (κ3) is 6.68. The Morgan fingerprint density at radius 1 is 1.31 bits per heavy atom. The predicted molar refractivity (Wildman–Crippen MR) is 67.3 cm³/mol. The Kier molecular flexibility index (Phi) is 7.55. The molecule has 0 aromatic carbocycles. The first-order chi connectivity index (χ1) is 7.32. The Morgan fingerprint density at radius 3 is 2.25 bits per heavy atom. The lowest BCUT2D eigenvalue weighted by Crippen LogP contribution is -2.43. The Hall–Kier alpha value is 0.160. The summed E-state index contributed by atoms with van der Waals surface area (Å²) in [5.41, 5.74) is 0. The largest absolute Gasteiger partial charge is 0.383 e. The number of hydrogen-bond acceptors (Lipinski definition) is 3. The number of alkyl halides is 1. The lowest BCUT2D eigenvalue weighted by atomic mass is 10.1. The first-order valence-electron chi connectivity index (χ1n) is 5.37. The Bertz CT molecular complexity index is 280. The van der Waals surface area contributed by atoms with Gasteiger partial charge in [-0.3, -0.25) is 0 Å². The molecule has 0 aliphatic rings. The van der Waals surface area contributed by atoms with Crippen molar-refractivity contribution in [2.45, 2.75) is 26.8 Å². The number of halogens is 1. The van der Waals surface area contributed by atoms with Gasteiger partial charge in [0.1, 0.15) is 0 Å². The van der Waals surface area contributed by atoms with Gasteiger partial charge in [-0.25, -0.2) is 13.1 Å². The molecular weight excluding hydrogens is 250 g/mol. The van der Waals surface area contributed by atoms with E-state index >= 15 is 0 Å². The van der Waals surface area contributed by atoms with Gasteiger partial charge in [0.2, 0.25) is 10.0 Å². The van der Waals surface area contributed by atoms with Crippen LogP contribution < -0.4 is 4.72 Å². The summed E-state index contributed by atoms with van der Waals surface area (Å²) in [6, 6.07) is -0.183. The first kappa shape index (κ1) is 16.2. The molecule has 0 fully saturated rings. The fourth-order valence-corrected chi connectivity index (χ4v) is 3.24. The molecule has 0 aromatic heterocycles. The summed E-state index contributed by atoms with van der Waals surface area (Å²) in [5, 5.41) is 0. The maximum atomic E-state index is 11.8. The maximum Gasteiger partial charge on any atom is 0.212 e. The van der Waals surface area contributed by atoms with Gasteiger partial charge in [-0.1, -0.05) is 20.8 Å². The van der Waals surface area contributed by atoms with Crippen molar-refractivity contribution < 1.29 is 13.2 Å². The van der Waals surface area contributed by atoms with Crippen LogP contribution in [0.25, 0.3) is 0 Å². The molecule has 0 heterocycles. The molecule has 0 aliphatic heterocycles. The van der Waals surface area contributed by atoms with Crippen LogP contribution >= 0.6 is 11.6 Å². The molecule has 98 valence electrons. The van der Waals surface area contributed by atoms with E-state index in [1.807, 2.05) is 20.8 Å². The highest BCUT2D eigenvalue weighted by atomic mass is 35.5. The Balaban J connectivity index is 4.42. The number of hydrogen-bond donors (Lipinski definition) is 1. The maximum absolute atomic E-state index is 11.8. The number of sulfonamides is 1. The second kappa shape index (κ2) is 7.48. The van der Waals surface area contributed by atoms with Crippen LogP contribution in [0.2, 0.25) is 0 Å². The van der Waals surface area contributed by atoms with Crippen molar-refractivity contribution in [1.29, 1.82) is 0 Å². The van der Waals surface area contributed by atoms with E-state index in [-0.39, 0.29) is 23.6 Å². The average Bonchev–Trinajstić information content (AvgIpc) is 2.15. The van der Waals surface area contributed by atoms with Gasteiger partial charge in [0.05, 0.1) is 12.4 Å². The van der Waals surface area contributed by atoms with E-state index in [1.165, 1.54) is 0 Å². The van der Waals surface area contributed by atoms with Gasteiger partial charge in [0.15, 0.2) is 0 Å². The molecule has 0 aliphatic carbocycles. The number of ether oxygens (including phenoxy) is 1. The molecule has 0 saturated heterocycles. The van der Waals surface area contributed by atoms with E-state index in [0.29, 0.717) is 12.5 Å². The Morgan fingerprint density at radius 2 is 1.88 bits per heavy atom. The monoisotopic (exact) mass is 271 g/mol. The van der Waals surface area contributed by atoms with Crippen LogP contribution in [0.3, 0.4) is 0 Å². The minimum Gasteiger partial charge on any atom is -0.383 e. The molecule has 0 aromatic rings. The minimum absolute atomic E-state index is 0.0467. The van der Waals surface area contributed by atoms with E-state index in [4.69, 9.17) is 16.3 Å². The predicted octanol–water partition coefficient (Wildman–Crippen LogP) is 1.45. The van der Waals surface area contributed by atoms with Gasteiger partial charge in [0, 0.05) is 19.0 Å². The van der Waals surface area contributed by atoms with Crippen molar-refractivity contribution in [2.24, 2.45) is 11.8 Å². The summed E-state index contributed by atoms with van der Waals surface area (Å²) in [6.07, 6.45) is 0. The zero-order valence-corrected chi connectivity index (χ0v) is 11.9. The van der Waals surface area contributed by atoms with E-state index < -0.39 is 10.0 Å². The van der Waals surface area contributed by atoms with E-state index in [9.17, 15) is 8.42 Å². The minimum atomic E-state index is -3.27. The average molecular weight is 272 g/mol. The second-order valence-electron chi connectivity index (χ2n) is 4.46. The normalized spacial score (nSPS) is 16.4. The summed E-state index contributed by atoms with van der Waals surface area (Å²) in [6.45, 7) is 6.10. The van der Waals surface area contributed by atoms with Crippen molar-refractivity contribution in [3.8, 4) is 0 Å². The van der Waals surface area contributed by atoms with Crippen molar-refractivity contribution >= 4 is 21.6 Å². The van der Waals surface area contributed by atoms with Gasteiger partial charge in [-0.15, -0.1) is 11.6 Å². The molecule has 1 N–H and O–H groups in total. The quantitative estimate of drug-likeness (QED) is 0.680. The molecule has 4 nitrogen and oxygen atoms in total. The molecule has 0 radical (unpaired) electrons. The van der Waals surface area contributed by atoms with Gasteiger partial charge in [0.25, 0.3) is 0 Å². The molecule has 0 bridgehead atoms. The fourth-order valence-electron chi connectivity index (χ4n) is 1.24. The van der Waals surface area contributed by atoms with E-state index in [2.05, 4.69) is 4.72 Å². The smallest absolute Gasteiger partial charge is 0.212 e. The highest BCUT2D eigenvalue weighted by molar-refractivity contribution is 7.89. The van der Waals surface area contributed by atoms with Crippen molar-refractivity contribution in [3.63, 3.8) is 0 Å². The highest BCUT2D eigenvalue weighted by Gasteiger charge is 2.22. The number of nitrogens with one attached hydrogen (secondary N) is 1. The highest BCUT2D eigenvalue weighted by Crippen LogP contribution is 2.07. The molecule has 2 atom stereocenters.